The van der Waals surface area contributed by atoms with Crippen LogP contribution in [0.1, 0.15) is 89.7 Å². The minimum Gasteiger partial charge on any atom is -0.542 e. The molecule has 2 spiro atoms. The number of anilines is 1. The average Bonchev–Trinajstić information content (AvgIpc) is 4.02. The number of alkyl halides is 2. The largest absolute Gasteiger partial charge is 1.00 e. The fraction of sp³-hybridized carbons (Fsp3) is 0.542. The first kappa shape index (κ1) is 44.8. The number of halogens is 2. The van der Waals surface area contributed by atoms with Gasteiger partial charge in [-0.15, -0.1) is 0 Å². The molecule has 0 aliphatic carbocycles. The number of H-pyrrole nitrogens is 1. The molecular formula is C48H54F2LiN6O7-. The molecule has 4 aromatic rings. The summed E-state index contributed by atoms with van der Waals surface area (Å²) in [7, 11) is 1.65. The predicted molar refractivity (Wildman–Crippen MR) is 230 cm³/mol. The number of nitrogens with one attached hydrogen (secondary N) is 1. The predicted octanol–water partition coefficient (Wildman–Crippen LogP) is 2.89. The molecule has 3 atom stereocenters. The van der Waals surface area contributed by atoms with Crippen LogP contribution in [-0.2, 0) is 37.4 Å². The molecule has 3 fully saturated rings. The number of piperidine rings is 2. The van der Waals surface area contributed by atoms with E-state index in [1.54, 1.807) is 7.11 Å². The van der Waals surface area contributed by atoms with E-state index in [4.69, 9.17) is 18.9 Å². The topological polar surface area (TPSA) is 130 Å². The molecule has 3 aromatic carbocycles. The zero-order chi connectivity index (χ0) is 43.5. The van der Waals surface area contributed by atoms with Gasteiger partial charge in [-0.3, -0.25) is 21.1 Å². The molecule has 0 radical (unpaired) electrons. The van der Waals surface area contributed by atoms with Gasteiger partial charge in [0, 0.05) is 95.8 Å². The molecule has 6 aliphatic rings. The molecule has 1 aromatic heterocycles. The average molecular weight is 872 g/mol. The van der Waals surface area contributed by atoms with Crippen LogP contribution in [0.4, 0.5) is 14.5 Å². The van der Waals surface area contributed by atoms with Crippen LogP contribution >= 0.6 is 0 Å². The quantitative estimate of drug-likeness (QED) is 0.167. The van der Waals surface area contributed by atoms with Gasteiger partial charge in [0.05, 0.1) is 51.2 Å². The van der Waals surface area contributed by atoms with Gasteiger partial charge in [0.2, 0.25) is 0 Å². The van der Waals surface area contributed by atoms with E-state index in [-0.39, 0.29) is 68.1 Å². The molecule has 3 saturated heterocycles. The van der Waals surface area contributed by atoms with Crippen LogP contribution in [-0.4, -0.2) is 134 Å². The number of nitrogens with zero attached hydrogens (tertiary/aromatic N) is 5. The Bertz CT molecular complexity index is 2370. The van der Waals surface area contributed by atoms with Crippen LogP contribution < -0.4 is 33.2 Å². The van der Waals surface area contributed by atoms with Gasteiger partial charge in [-0.05, 0) is 68.6 Å². The van der Waals surface area contributed by atoms with Gasteiger partial charge >= 0.3 is 18.9 Å². The number of carbonyl (C=O) groups is 1. The van der Waals surface area contributed by atoms with Crippen LogP contribution in [0.2, 0.25) is 0 Å². The number of amides is 1. The first-order chi connectivity index (χ1) is 30.6. The normalized spacial score (nSPS) is 23.5. The standard InChI is InChI=1S/C48H54F2N6O7.Li/c1-30-20-37-34(8-10-41-38(37)22-51-52-41)44(55(30)25-43(49)50)36-6-5-32(21-42(36)60-2)54-17-13-48(14-18-54)62-27-31(28-63-48)23-53-15-11-47(12-16-53)29-61-45-39-24-56(33(26-58)4-3-19-57)46(59)35(39)7-9-40(45)47;/h5-10,21-22,30-31,33,43-44H,3-4,11-18,20,23-25,27-29H2,1-2H3,(H,51,52);/q-2;+1/t30-,33?,44+;/m1./s1. The fourth-order valence-corrected chi connectivity index (χ4v) is 11.4. The van der Waals surface area contributed by atoms with E-state index in [0.29, 0.717) is 37.6 Å². The zero-order valence-electron chi connectivity index (χ0n) is 36.9. The van der Waals surface area contributed by atoms with Gasteiger partial charge in [-0.25, -0.2) is 15.1 Å². The summed E-state index contributed by atoms with van der Waals surface area (Å²) in [5.74, 6) is 0.874. The van der Waals surface area contributed by atoms with Crippen LogP contribution in [0.15, 0.2) is 48.7 Å². The minimum absolute atomic E-state index is 0. The molecule has 334 valence electrons. The third-order valence-corrected chi connectivity index (χ3v) is 14.9. The smallest absolute Gasteiger partial charge is 0.542 e. The van der Waals surface area contributed by atoms with Crippen molar-refractivity contribution < 1.29 is 61.0 Å². The molecule has 1 unspecified atom stereocenters. The van der Waals surface area contributed by atoms with E-state index < -0.39 is 24.3 Å². The van der Waals surface area contributed by atoms with E-state index in [1.165, 1.54) is 4.90 Å². The molecule has 1 amide bonds. The number of carbonyl (C=O) groups excluding carboxylic acids is 3. The van der Waals surface area contributed by atoms with Crippen molar-refractivity contribution in [2.24, 2.45) is 5.92 Å². The number of rotatable bonds is 12. The molecule has 13 nitrogen and oxygen atoms in total. The number of aromatic amines is 1. The molecule has 10 rings (SSSR count). The van der Waals surface area contributed by atoms with Crippen molar-refractivity contribution in [2.45, 2.75) is 94.2 Å². The molecular weight excluding hydrogens is 817 g/mol. The van der Waals surface area contributed by atoms with E-state index in [0.717, 1.165) is 109 Å². The van der Waals surface area contributed by atoms with Gasteiger partial charge in [-0.2, -0.15) is 11.5 Å². The first-order valence-electron chi connectivity index (χ1n) is 22.4. The van der Waals surface area contributed by atoms with E-state index in [1.807, 2.05) is 67.0 Å². The summed E-state index contributed by atoms with van der Waals surface area (Å²) >= 11 is 0. The Kier molecular flexibility index (Phi) is 12.7. The van der Waals surface area contributed by atoms with Crippen molar-refractivity contribution in [3.8, 4) is 11.5 Å². The second-order valence-corrected chi connectivity index (χ2v) is 18.4. The summed E-state index contributed by atoms with van der Waals surface area (Å²) < 4.78 is 53.7. The Balaban J connectivity index is 0.00000518. The van der Waals surface area contributed by atoms with Gasteiger partial charge in [-0.1, -0.05) is 30.7 Å². The number of hydrogen-bond acceptors (Lipinski definition) is 11. The van der Waals surface area contributed by atoms with Crippen molar-refractivity contribution in [2.75, 3.05) is 71.1 Å². The van der Waals surface area contributed by atoms with Gasteiger partial charge in [0.15, 0.2) is 5.79 Å². The van der Waals surface area contributed by atoms with Crippen molar-refractivity contribution >= 4 is 35.1 Å². The number of aromatic nitrogens is 2. The Morgan fingerprint density at radius 1 is 0.984 bits per heavy atom. The minimum atomic E-state index is -2.47. The van der Waals surface area contributed by atoms with Crippen molar-refractivity contribution in [1.82, 2.24) is 24.9 Å². The third kappa shape index (κ3) is 7.94. The third-order valence-electron chi connectivity index (χ3n) is 14.9. The van der Waals surface area contributed by atoms with Crippen molar-refractivity contribution in [3.63, 3.8) is 0 Å². The number of methoxy groups -OCH3 is 1. The molecule has 1 N–H and O–H groups in total. The molecule has 0 saturated carbocycles. The Hall–Kier alpha value is -4.36. The summed E-state index contributed by atoms with van der Waals surface area (Å²) in [6, 6.07) is 12.8. The zero-order valence-corrected chi connectivity index (χ0v) is 36.9. The fourth-order valence-electron chi connectivity index (χ4n) is 11.4. The number of ether oxygens (including phenoxy) is 4. The molecule has 0 bridgehead atoms. The van der Waals surface area contributed by atoms with E-state index in [2.05, 4.69) is 26.1 Å². The maximum atomic E-state index is 14.1. The number of benzene rings is 3. The summed E-state index contributed by atoms with van der Waals surface area (Å²) in [5.41, 5.74) is 7.38. The Morgan fingerprint density at radius 2 is 1.75 bits per heavy atom. The Labute approximate surface area is 384 Å². The second kappa shape index (κ2) is 18.1. The summed E-state index contributed by atoms with van der Waals surface area (Å²) in [4.78, 5) is 44.0. The molecule has 64 heavy (non-hydrogen) atoms. The van der Waals surface area contributed by atoms with Gasteiger partial charge < -0.3 is 43.2 Å². The van der Waals surface area contributed by atoms with Gasteiger partial charge in [0.25, 0.3) is 12.3 Å². The summed E-state index contributed by atoms with van der Waals surface area (Å²) in [6.45, 7) is 8.02. The van der Waals surface area contributed by atoms with E-state index >= 15 is 0 Å². The molecule has 16 heteroatoms. The van der Waals surface area contributed by atoms with Crippen LogP contribution in [0.3, 0.4) is 0 Å². The maximum Gasteiger partial charge on any atom is 1.00 e. The molecule has 7 heterocycles. The van der Waals surface area contributed by atoms with E-state index in [9.17, 15) is 23.2 Å². The second-order valence-electron chi connectivity index (χ2n) is 18.4. The van der Waals surface area contributed by atoms with Gasteiger partial charge in [0.1, 0.15) is 11.5 Å². The number of fused-ring (bicyclic) bond motifs is 7. The summed E-state index contributed by atoms with van der Waals surface area (Å²) in [6.07, 6.45) is 7.38. The van der Waals surface area contributed by atoms with Crippen LogP contribution in [0, 0.1) is 5.92 Å². The summed E-state index contributed by atoms with van der Waals surface area (Å²) in [5, 5.41) is 8.34. The number of hydrogen-bond donors (Lipinski definition) is 1. The maximum absolute atomic E-state index is 14.1. The first-order valence-corrected chi connectivity index (χ1v) is 22.4. The van der Waals surface area contributed by atoms with Crippen LogP contribution in [0.5, 0.6) is 11.5 Å². The Morgan fingerprint density at radius 3 is 2.47 bits per heavy atom. The van der Waals surface area contributed by atoms with Crippen molar-refractivity contribution in [3.05, 3.63) is 82.0 Å². The van der Waals surface area contributed by atoms with Crippen molar-refractivity contribution in [1.29, 1.82) is 0 Å². The monoisotopic (exact) mass is 871 g/mol. The molecule has 6 aliphatic heterocycles. The SMILES string of the molecule is COc1cc(N2CCC3(CC2)OCC(CN2CCC4(CC2)COc2c4ccc4c2CN(C([C-]=O)CC[C-]=O)C4=O)CO3)ccc1[C@@H]1c2ccc3[nH]ncc3c2C[C@@H](C)N1CC(F)F.[Li+]. The van der Waals surface area contributed by atoms with Crippen LogP contribution in [0.25, 0.3) is 10.9 Å². The number of likely N-dealkylation sites (tertiary alicyclic amines) is 1.